The van der Waals surface area contributed by atoms with E-state index in [1.165, 1.54) is 17.5 Å². The van der Waals surface area contributed by atoms with Gasteiger partial charge in [-0.2, -0.15) is 0 Å². The summed E-state index contributed by atoms with van der Waals surface area (Å²) < 4.78 is 11.2. The zero-order chi connectivity index (χ0) is 13.8. The minimum Gasteiger partial charge on any atom is -0.492 e. The first-order valence-electron chi connectivity index (χ1n) is 7.60. The first-order chi connectivity index (χ1) is 9.86. The van der Waals surface area contributed by atoms with Crippen molar-refractivity contribution < 1.29 is 9.47 Å². The van der Waals surface area contributed by atoms with Crippen LogP contribution in [0, 0.1) is 0 Å². The lowest BCUT2D eigenvalue weighted by Gasteiger charge is -2.26. The van der Waals surface area contributed by atoms with Crippen LogP contribution in [-0.4, -0.2) is 51.4 Å². The Morgan fingerprint density at radius 1 is 1.35 bits per heavy atom. The molecule has 3 rings (SSSR count). The van der Waals surface area contributed by atoms with Crippen molar-refractivity contribution in [3.05, 3.63) is 29.3 Å². The maximum absolute atomic E-state index is 5.90. The Bertz CT molecular complexity index is 444. The molecule has 1 aromatic carbocycles. The normalized spacial score (nSPS) is 22.8. The molecular weight excluding hydrogens is 252 g/mol. The second-order valence-electron chi connectivity index (χ2n) is 5.54. The fraction of sp³-hybridized carbons (Fsp3) is 0.625. The van der Waals surface area contributed by atoms with Crippen LogP contribution in [0.3, 0.4) is 0 Å². The summed E-state index contributed by atoms with van der Waals surface area (Å²) in [6, 6.07) is 7.06. The van der Waals surface area contributed by atoms with Gasteiger partial charge >= 0.3 is 0 Å². The Kier molecular flexibility index (Phi) is 4.55. The molecule has 0 spiro atoms. The Balaban J connectivity index is 1.51. The van der Waals surface area contributed by atoms with Gasteiger partial charge in [0, 0.05) is 25.7 Å². The molecule has 1 fully saturated rings. The van der Waals surface area contributed by atoms with Gasteiger partial charge in [-0.15, -0.1) is 0 Å². The summed E-state index contributed by atoms with van der Waals surface area (Å²) in [6.45, 7) is 5.50. The molecule has 20 heavy (non-hydrogen) atoms. The third kappa shape index (κ3) is 3.14. The Morgan fingerprint density at radius 3 is 3.00 bits per heavy atom. The molecule has 110 valence electrons. The van der Waals surface area contributed by atoms with Gasteiger partial charge in [-0.1, -0.05) is 6.07 Å². The van der Waals surface area contributed by atoms with Gasteiger partial charge in [0.15, 0.2) is 0 Å². The van der Waals surface area contributed by atoms with Gasteiger partial charge in [0.25, 0.3) is 0 Å². The van der Waals surface area contributed by atoms with Crippen molar-refractivity contribution in [3.8, 4) is 5.75 Å². The average Bonchev–Trinajstić information content (AvgIpc) is 2.90. The van der Waals surface area contributed by atoms with Crippen LogP contribution < -0.4 is 10.1 Å². The summed E-state index contributed by atoms with van der Waals surface area (Å²) in [7, 11) is 2.03. The zero-order valence-electron chi connectivity index (χ0n) is 12.2. The number of aryl methyl sites for hydroxylation is 1. The number of benzene rings is 1. The fourth-order valence-electron chi connectivity index (χ4n) is 3.10. The summed E-state index contributed by atoms with van der Waals surface area (Å²) in [5.74, 6) is 1.01. The quantitative estimate of drug-likeness (QED) is 0.886. The van der Waals surface area contributed by atoms with Crippen LogP contribution in [0.2, 0.25) is 0 Å². The van der Waals surface area contributed by atoms with E-state index in [-0.39, 0.29) is 0 Å². The number of rotatable bonds is 5. The second-order valence-corrected chi connectivity index (χ2v) is 5.54. The van der Waals surface area contributed by atoms with E-state index in [1.807, 2.05) is 7.05 Å². The van der Waals surface area contributed by atoms with E-state index in [1.54, 1.807) is 0 Å². The molecule has 0 radical (unpaired) electrons. The molecule has 1 unspecified atom stereocenters. The van der Waals surface area contributed by atoms with E-state index in [4.69, 9.17) is 9.47 Å². The van der Waals surface area contributed by atoms with Gasteiger partial charge in [-0.3, -0.25) is 4.90 Å². The molecule has 1 N–H and O–H groups in total. The Morgan fingerprint density at radius 2 is 2.20 bits per heavy atom. The monoisotopic (exact) mass is 276 g/mol. The highest BCUT2D eigenvalue weighted by Crippen LogP contribution is 2.33. The summed E-state index contributed by atoms with van der Waals surface area (Å²) >= 11 is 0. The number of hydrogen-bond acceptors (Lipinski definition) is 4. The van der Waals surface area contributed by atoms with Crippen molar-refractivity contribution >= 4 is 0 Å². The van der Waals surface area contributed by atoms with Gasteiger partial charge < -0.3 is 14.8 Å². The lowest BCUT2D eigenvalue weighted by molar-refractivity contribution is 0.0322. The predicted octanol–water partition coefficient (Wildman–Crippen LogP) is 1.60. The molecule has 2 aliphatic rings. The highest BCUT2D eigenvalue weighted by Gasteiger charge is 2.21. The SMILES string of the molecule is CNC1CCc2cc(OCCN3CCOCC3)ccc21. The lowest BCUT2D eigenvalue weighted by Crippen LogP contribution is -2.38. The second kappa shape index (κ2) is 6.57. The van der Waals surface area contributed by atoms with Crippen LogP contribution in [0.1, 0.15) is 23.6 Å². The molecule has 4 nitrogen and oxygen atoms in total. The average molecular weight is 276 g/mol. The smallest absolute Gasteiger partial charge is 0.119 e. The van der Waals surface area contributed by atoms with Gasteiger partial charge in [0.05, 0.1) is 13.2 Å². The van der Waals surface area contributed by atoms with Crippen molar-refractivity contribution in [3.63, 3.8) is 0 Å². The van der Waals surface area contributed by atoms with Crippen LogP contribution in [0.25, 0.3) is 0 Å². The molecule has 4 heteroatoms. The highest BCUT2D eigenvalue weighted by atomic mass is 16.5. The molecular formula is C16H24N2O2. The molecule has 1 aliphatic heterocycles. The number of nitrogens with zero attached hydrogens (tertiary/aromatic N) is 1. The number of fused-ring (bicyclic) bond motifs is 1. The van der Waals surface area contributed by atoms with Crippen LogP contribution in [0.15, 0.2) is 18.2 Å². The van der Waals surface area contributed by atoms with Crippen LogP contribution >= 0.6 is 0 Å². The van der Waals surface area contributed by atoms with E-state index in [9.17, 15) is 0 Å². The molecule has 1 heterocycles. The molecule has 1 saturated heterocycles. The van der Waals surface area contributed by atoms with Crippen LogP contribution in [0.5, 0.6) is 5.75 Å². The van der Waals surface area contributed by atoms with Crippen molar-refractivity contribution in [1.29, 1.82) is 0 Å². The van der Waals surface area contributed by atoms with E-state index in [2.05, 4.69) is 28.4 Å². The number of ether oxygens (including phenoxy) is 2. The highest BCUT2D eigenvalue weighted by molar-refractivity contribution is 5.40. The van der Waals surface area contributed by atoms with Crippen molar-refractivity contribution in [2.24, 2.45) is 0 Å². The number of nitrogens with one attached hydrogen (secondary N) is 1. The fourth-order valence-corrected chi connectivity index (χ4v) is 3.10. The largest absolute Gasteiger partial charge is 0.492 e. The molecule has 0 bridgehead atoms. The van der Waals surface area contributed by atoms with Crippen LogP contribution in [-0.2, 0) is 11.2 Å². The van der Waals surface area contributed by atoms with Gasteiger partial charge in [-0.25, -0.2) is 0 Å². The molecule has 1 aliphatic carbocycles. The van der Waals surface area contributed by atoms with Crippen molar-refractivity contribution in [1.82, 2.24) is 10.2 Å². The maximum atomic E-state index is 5.90. The van der Waals surface area contributed by atoms with Crippen molar-refractivity contribution in [2.45, 2.75) is 18.9 Å². The Hall–Kier alpha value is -1.10. The Labute approximate surface area is 121 Å². The zero-order valence-corrected chi connectivity index (χ0v) is 12.2. The lowest BCUT2D eigenvalue weighted by atomic mass is 10.1. The van der Waals surface area contributed by atoms with Gasteiger partial charge in [-0.05, 0) is 43.1 Å². The van der Waals surface area contributed by atoms with E-state index < -0.39 is 0 Å². The topological polar surface area (TPSA) is 33.7 Å². The first-order valence-corrected chi connectivity index (χ1v) is 7.60. The summed E-state index contributed by atoms with van der Waals surface area (Å²) in [4.78, 5) is 2.40. The minimum absolute atomic E-state index is 0.521. The minimum atomic E-state index is 0.521. The molecule has 1 aromatic rings. The van der Waals surface area contributed by atoms with Crippen LogP contribution in [0.4, 0.5) is 0 Å². The molecule has 0 amide bonds. The maximum Gasteiger partial charge on any atom is 0.119 e. The van der Waals surface area contributed by atoms with E-state index >= 15 is 0 Å². The first kappa shape index (κ1) is 13.9. The molecule has 0 aromatic heterocycles. The third-order valence-corrected chi connectivity index (χ3v) is 4.32. The van der Waals surface area contributed by atoms with E-state index in [0.29, 0.717) is 6.04 Å². The predicted molar refractivity (Wildman–Crippen MR) is 79.3 cm³/mol. The van der Waals surface area contributed by atoms with Gasteiger partial charge in [0.2, 0.25) is 0 Å². The van der Waals surface area contributed by atoms with E-state index in [0.717, 1.165) is 51.6 Å². The molecule has 1 atom stereocenters. The summed E-state index contributed by atoms with van der Waals surface area (Å²) in [5, 5.41) is 3.37. The summed E-state index contributed by atoms with van der Waals surface area (Å²) in [6.07, 6.45) is 2.35. The van der Waals surface area contributed by atoms with Crippen molar-refractivity contribution in [2.75, 3.05) is 46.5 Å². The van der Waals surface area contributed by atoms with Gasteiger partial charge in [0.1, 0.15) is 12.4 Å². The molecule has 0 saturated carbocycles. The standard InChI is InChI=1S/C16H24N2O2/c1-17-16-5-2-13-12-14(3-4-15(13)16)20-11-8-18-6-9-19-10-7-18/h3-4,12,16-17H,2,5-11H2,1H3. The number of hydrogen-bond donors (Lipinski definition) is 1. The summed E-state index contributed by atoms with van der Waals surface area (Å²) in [5.41, 5.74) is 2.88. The third-order valence-electron chi connectivity index (χ3n) is 4.32. The number of morpholine rings is 1.